The molecule has 0 spiro atoms. The summed E-state index contributed by atoms with van der Waals surface area (Å²) in [5.41, 5.74) is 2.35. The van der Waals surface area contributed by atoms with Crippen molar-refractivity contribution >= 4 is 28.2 Å². The van der Waals surface area contributed by atoms with Crippen LogP contribution in [-0.2, 0) is 0 Å². The maximum atomic E-state index is 12.2. The largest absolute Gasteiger partial charge is 0.497 e. The van der Waals surface area contributed by atoms with Crippen LogP contribution >= 0.6 is 0 Å². The number of methoxy groups -OCH3 is 2. The van der Waals surface area contributed by atoms with Crippen molar-refractivity contribution in [1.29, 1.82) is 0 Å². The second kappa shape index (κ2) is 7.59. The van der Waals surface area contributed by atoms with Gasteiger partial charge in [0.15, 0.2) is 17.3 Å². The van der Waals surface area contributed by atoms with Gasteiger partial charge in [0, 0.05) is 18.5 Å². The van der Waals surface area contributed by atoms with Crippen LogP contribution in [0.5, 0.6) is 11.5 Å². The Morgan fingerprint density at radius 1 is 1.00 bits per heavy atom. The number of carbonyl (C=O) groups excluding carboxylic acids is 1. The molecule has 8 nitrogen and oxygen atoms in total. The molecule has 0 aliphatic rings. The van der Waals surface area contributed by atoms with Gasteiger partial charge in [0.1, 0.15) is 11.5 Å². The molecule has 2 aromatic carbocycles. The van der Waals surface area contributed by atoms with Crippen LogP contribution in [0.1, 0.15) is 17.4 Å². The topological polar surface area (TPSA) is 91.2 Å². The number of nitrogens with zero attached hydrogens (tertiary/aromatic N) is 4. The zero-order valence-electron chi connectivity index (χ0n) is 16.2. The van der Waals surface area contributed by atoms with E-state index in [1.807, 2.05) is 36.4 Å². The van der Waals surface area contributed by atoms with Crippen molar-refractivity contribution < 1.29 is 14.3 Å². The minimum absolute atomic E-state index is 0.196. The Balaban J connectivity index is 1.76. The number of rotatable bonds is 6. The lowest BCUT2D eigenvalue weighted by Crippen LogP contribution is -2.01. The molecule has 0 saturated heterocycles. The average molecular weight is 389 g/mol. The Bertz CT molecular complexity index is 1180. The summed E-state index contributed by atoms with van der Waals surface area (Å²) in [6.45, 7) is 1.46. The molecule has 146 valence electrons. The second-order valence-corrected chi connectivity index (χ2v) is 6.28. The van der Waals surface area contributed by atoms with Crippen LogP contribution < -0.4 is 14.8 Å². The van der Waals surface area contributed by atoms with E-state index >= 15 is 0 Å². The van der Waals surface area contributed by atoms with Gasteiger partial charge in [-0.2, -0.15) is 0 Å². The van der Waals surface area contributed by atoms with Crippen molar-refractivity contribution in [2.45, 2.75) is 6.92 Å². The third-order valence-corrected chi connectivity index (χ3v) is 4.45. The van der Waals surface area contributed by atoms with E-state index in [2.05, 4.69) is 20.5 Å². The minimum atomic E-state index is -0.196. The molecule has 0 amide bonds. The number of nitrogens with one attached hydrogen (secondary N) is 1. The molecule has 4 rings (SSSR count). The van der Waals surface area contributed by atoms with E-state index in [1.54, 1.807) is 32.5 Å². The monoisotopic (exact) mass is 389 g/mol. The van der Waals surface area contributed by atoms with Crippen LogP contribution in [0, 0.1) is 0 Å². The minimum Gasteiger partial charge on any atom is -0.497 e. The summed E-state index contributed by atoms with van der Waals surface area (Å²) in [4.78, 5) is 18.0. The number of pyridine rings is 1. The number of carbonyl (C=O) groups is 1. The number of hydrogen-bond donors (Lipinski definition) is 1. The maximum absolute atomic E-state index is 12.2. The molecule has 8 heteroatoms. The Morgan fingerprint density at radius 2 is 1.79 bits per heavy atom. The van der Waals surface area contributed by atoms with Gasteiger partial charge in [-0.1, -0.05) is 0 Å². The average Bonchev–Trinajstić information content (AvgIpc) is 3.18. The zero-order chi connectivity index (χ0) is 20.4. The number of aromatic nitrogens is 4. The van der Waals surface area contributed by atoms with E-state index in [9.17, 15) is 4.79 Å². The number of anilines is 2. The Morgan fingerprint density at radius 3 is 2.48 bits per heavy atom. The Labute approximate surface area is 167 Å². The summed E-state index contributed by atoms with van der Waals surface area (Å²) in [5, 5.41) is 12.9. The third kappa shape index (κ3) is 3.47. The number of Topliss-reactive ketones (excluding diaryl/α,β-unsaturated/α-hetero) is 1. The number of ketones is 1. The van der Waals surface area contributed by atoms with Crippen LogP contribution in [-0.4, -0.2) is 40.0 Å². The van der Waals surface area contributed by atoms with E-state index < -0.39 is 0 Å². The van der Waals surface area contributed by atoms with Gasteiger partial charge in [-0.05, 0) is 48.5 Å². The first-order valence-corrected chi connectivity index (χ1v) is 8.92. The molecule has 0 fully saturated rings. The van der Waals surface area contributed by atoms with Crippen molar-refractivity contribution in [1.82, 2.24) is 20.0 Å². The molecule has 0 saturated carbocycles. The number of hydrogen-bond acceptors (Lipinski definition) is 7. The SMILES string of the molecule is COc1ccc(-n2nc(Nc3ccc(OC)c4cccnc34)c(C(C)=O)n2)cc1. The molecule has 2 aromatic heterocycles. The van der Waals surface area contributed by atoms with Crippen LogP contribution in [0.2, 0.25) is 0 Å². The smallest absolute Gasteiger partial charge is 0.184 e. The number of fused-ring (bicyclic) bond motifs is 1. The molecule has 0 radical (unpaired) electrons. The van der Waals surface area contributed by atoms with Gasteiger partial charge in [-0.15, -0.1) is 15.0 Å². The van der Waals surface area contributed by atoms with E-state index in [0.29, 0.717) is 28.5 Å². The van der Waals surface area contributed by atoms with Crippen molar-refractivity contribution in [3.05, 3.63) is 60.4 Å². The highest BCUT2D eigenvalue weighted by Gasteiger charge is 2.18. The van der Waals surface area contributed by atoms with Crippen molar-refractivity contribution in [2.75, 3.05) is 19.5 Å². The molecule has 0 aliphatic carbocycles. The van der Waals surface area contributed by atoms with Crippen LogP contribution in [0.4, 0.5) is 11.5 Å². The van der Waals surface area contributed by atoms with Gasteiger partial charge < -0.3 is 14.8 Å². The van der Waals surface area contributed by atoms with Crippen LogP contribution in [0.15, 0.2) is 54.7 Å². The first-order valence-electron chi connectivity index (χ1n) is 8.92. The molecular weight excluding hydrogens is 370 g/mol. The standard InChI is InChI=1S/C21H19N5O3/c1-13(27)19-21(25-26(24-19)14-6-8-15(28-2)9-7-14)23-17-10-11-18(29-3)16-5-4-12-22-20(16)17/h4-12H,1-3H3,(H,23,25). The summed E-state index contributed by atoms with van der Waals surface area (Å²) < 4.78 is 10.6. The Hall–Kier alpha value is -3.94. The zero-order valence-corrected chi connectivity index (χ0v) is 16.2. The summed E-state index contributed by atoms with van der Waals surface area (Å²) in [5.74, 6) is 1.60. The fourth-order valence-electron chi connectivity index (χ4n) is 3.01. The van der Waals surface area contributed by atoms with E-state index in [1.165, 1.54) is 11.7 Å². The van der Waals surface area contributed by atoms with Crippen LogP contribution in [0.25, 0.3) is 16.6 Å². The normalized spacial score (nSPS) is 10.7. The fraction of sp³-hybridized carbons (Fsp3) is 0.143. The molecule has 29 heavy (non-hydrogen) atoms. The molecular formula is C21H19N5O3. The highest BCUT2D eigenvalue weighted by Crippen LogP contribution is 2.32. The molecule has 0 unspecified atom stereocenters. The summed E-state index contributed by atoms with van der Waals surface area (Å²) in [6, 6.07) is 14.7. The van der Waals surface area contributed by atoms with E-state index in [0.717, 1.165) is 11.1 Å². The van der Waals surface area contributed by atoms with Gasteiger partial charge in [0.25, 0.3) is 0 Å². The fourth-order valence-corrected chi connectivity index (χ4v) is 3.01. The van der Waals surface area contributed by atoms with Gasteiger partial charge in [-0.25, -0.2) is 0 Å². The lowest BCUT2D eigenvalue weighted by molar-refractivity contribution is 0.101. The van der Waals surface area contributed by atoms with E-state index in [4.69, 9.17) is 9.47 Å². The molecule has 1 N–H and O–H groups in total. The molecule has 0 atom stereocenters. The number of benzene rings is 2. The van der Waals surface area contributed by atoms with Crippen molar-refractivity contribution in [3.63, 3.8) is 0 Å². The lowest BCUT2D eigenvalue weighted by Gasteiger charge is -2.10. The van der Waals surface area contributed by atoms with Crippen molar-refractivity contribution in [3.8, 4) is 17.2 Å². The first-order chi connectivity index (χ1) is 14.1. The van der Waals surface area contributed by atoms with Gasteiger partial charge in [0.2, 0.25) is 0 Å². The second-order valence-electron chi connectivity index (χ2n) is 6.28. The molecule has 2 heterocycles. The van der Waals surface area contributed by atoms with E-state index in [-0.39, 0.29) is 11.5 Å². The van der Waals surface area contributed by atoms with Gasteiger partial charge in [-0.3, -0.25) is 9.78 Å². The molecule has 4 aromatic rings. The molecule has 0 aliphatic heterocycles. The van der Waals surface area contributed by atoms with Crippen molar-refractivity contribution in [2.24, 2.45) is 0 Å². The van der Waals surface area contributed by atoms with Gasteiger partial charge in [0.05, 0.1) is 31.1 Å². The first kappa shape index (κ1) is 18.4. The predicted molar refractivity (Wildman–Crippen MR) is 109 cm³/mol. The quantitative estimate of drug-likeness (QED) is 0.502. The molecule has 0 bridgehead atoms. The summed E-state index contributed by atoms with van der Waals surface area (Å²) in [7, 11) is 3.22. The van der Waals surface area contributed by atoms with Crippen LogP contribution in [0.3, 0.4) is 0 Å². The predicted octanol–water partition coefficient (Wildman–Crippen LogP) is 3.78. The number of ether oxygens (including phenoxy) is 2. The summed E-state index contributed by atoms with van der Waals surface area (Å²) >= 11 is 0. The lowest BCUT2D eigenvalue weighted by atomic mass is 10.1. The third-order valence-electron chi connectivity index (χ3n) is 4.45. The maximum Gasteiger partial charge on any atom is 0.184 e. The Kier molecular flexibility index (Phi) is 4.82. The highest BCUT2D eigenvalue weighted by molar-refractivity contribution is 6.00. The summed E-state index contributed by atoms with van der Waals surface area (Å²) in [6.07, 6.45) is 1.70. The highest BCUT2D eigenvalue weighted by atomic mass is 16.5. The van der Waals surface area contributed by atoms with Gasteiger partial charge >= 0.3 is 0 Å².